The van der Waals surface area contributed by atoms with Crippen LogP contribution in [-0.2, 0) is 13.6 Å². The maximum Gasteiger partial charge on any atom is 0.472 e. The average Bonchev–Trinajstić information content (AvgIpc) is 2.22. The Labute approximate surface area is 91.9 Å². The minimum Gasteiger partial charge on any atom is -0.302 e. The number of hydrogen-bond donors (Lipinski definition) is 1. The lowest BCUT2D eigenvalue weighted by atomic mass is 10.1. The number of phosphoric acid groups is 1. The van der Waals surface area contributed by atoms with Crippen molar-refractivity contribution in [2.45, 2.75) is 39.0 Å². The van der Waals surface area contributed by atoms with E-state index in [1.54, 1.807) is 6.08 Å². The number of allylic oxidation sites excluding steroid dienone is 1. The first kappa shape index (κ1) is 14.8. The number of rotatable bonds is 9. The summed E-state index contributed by atoms with van der Waals surface area (Å²) in [6, 6.07) is 0. The van der Waals surface area contributed by atoms with Crippen LogP contribution >= 0.6 is 7.82 Å². The Morgan fingerprint density at radius 1 is 1.27 bits per heavy atom. The summed E-state index contributed by atoms with van der Waals surface area (Å²) in [4.78, 5) is 8.87. The summed E-state index contributed by atoms with van der Waals surface area (Å²) in [6.45, 7) is 2.29. The zero-order valence-corrected chi connectivity index (χ0v) is 10.4. The molecule has 0 aromatic carbocycles. The van der Waals surface area contributed by atoms with Gasteiger partial charge in [0, 0.05) is 7.11 Å². The Hall–Kier alpha value is -0.150. The van der Waals surface area contributed by atoms with Crippen molar-refractivity contribution in [3.8, 4) is 0 Å². The van der Waals surface area contributed by atoms with E-state index < -0.39 is 7.82 Å². The normalized spacial score (nSPS) is 15.7. The first-order valence-corrected chi connectivity index (χ1v) is 6.80. The van der Waals surface area contributed by atoms with Crippen LogP contribution in [0.15, 0.2) is 12.2 Å². The van der Waals surface area contributed by atoms with E-state index in [0.29, 0.717) is 0 Å². The Morgan fingerprint density at radius 2 is 2.00 bits per heavy atom. The highest BCUT2D eigenvalue weighted by Crippen LogP contribution is 2.41. The molecule has 1 atom stereocenters. The number of unbranched alkanes of at least 4 members (excludes halogenated alkanes) is 4. The van der Waals surface area contributed by atoms with Crippen molar-refractivity contribution in [2.24, 2.45) is 0 Å². The van der Waals surface area contributed by atoms with Crippen LogP contribution in [0.4, 0.5) is 0 Å². The molecule has 90 valence electrons. The van der Waals surface area contributed by atoms with Crippen molar-refractivity contribution in [3.05, 3.63) is 12.2 Å². The molecule has 4 nitrogen and oxygen atoms in total. The molecular weight excluding hydrogens is 215 g/mol. The lowest BCUT2D eigenvalue weighted by Gasteiger charge is -2.05. The van der Waals surface area contributed by atoms with Gasteiger partial charge in [-0.2, -0.15) is 0 Å². The summed E-state index contributed by atoms with van der Waals surface area (Å²) in [6.07, 6.45) is 9.59. The van der Waals surface area contributed by atoms with Gasteiger partial charge in [-0.1, -0.05) is 38.3 Å². The van der Waals surface area contributed by atoms with Crippen LogP contribution in [0.3, 0.4) is 0 Å². The molecule has 0 heterocycles. The maximum atomic E-state index is 10.8. The Balaban J connectivity index is 3.36. The van der Waals surface area contributed by atoms with Gasteiger partial charge in [0.2, 0.25) is 0 Å². The molecule has 0 bridgehead atoms. The maximum absolute atomic E-state index is 10.8. The van der Waals surface area contributed by atoms with Crippen LogP contribution in [0.2, 0.25) is 0 Å². The summed E-state index contributed by atoms with van der Waals surface area (Å²) in [5, 5.41) is 0. The summed E-state index contributed by atoms with van der Waals surface area (Å²) >= 11 is 0. The predicted octanol–water partition coefficient (Wildman–Crippen LogP) is 3.28. The summed E-state index contributed by atoms with van der Waals surface area (Å²) in [5.41, 5.74) is 0. The van der Waals surface area contributed by atoms with E-state index in [2.05, 4.69) is 16.0 Å². The fourth-order valence-electron chi connectivity index (χ4n) is 1.06. The van der Waals surface area contributed by atoms with Crippen molar-refractivity contribution in [1.29, 1.82) is 0 Å². The second kappa shape index (κ2) is 9.10. The molecule has 1 unspecified atom stereocenters. The van der Waals surface area contributed by atoms with E-state index >= 15 is 0 Å². The highest BCUT2D eigenvalue weighted by molar-refractivity contribution is 7.47. The van der Waals surface area contributed by atoms with E-state index in [-0.39, 0.29) is 6.61 Å². The van der Waals surface area contributed by atoms with Gasteiger partial charge in [0.15, 0.2) is 0 Å². The molecule has 0 aliphatic heterocycles. The minimum absolute atomic E-state index is 0.120. The third-order valence-electron chi connectivity index (χ3n) is 1.96. The van der Waals surface area contributed by atoms with E-state index in [4.69, 9.17) is 4.89 Å². The van der Waals surface area contributed by atoms with Crippen LogP contribution in [0.1, 0.15) is 39.0 Å². The van der Waals surface area contributed by atoms with Gasteiger partial charge in [-0.25, -0.2) is 4.57 Å². The van der Waals surface area contributed by atoms with Gasteiger partial charge in [-0.3, -0.25) is 9.05 Å². The Kier molecular flexibility index (Phi) is 9.01. The summed E-state index contributed by atoms with van der Waals surface area (Å²) in [7, 11) is -2.64. The van der Waals surface area contributed by atoms with Crippen molar-refractivity contribution < 1.29 is 18.5 Å². The molecule has 1 N–H and O–H groups in total. The second-order valence-electron chi connectivity index (χ2n) is 3.27. The fourth-order valence-corrected chi connectivity index (χ4v) is 1.44. The first-order chi connectivity index (χ1) is 7.12. The van der Waals surface area contributed by atoms with E-state index in [1.807, 2.05) is 6.08 Å². The zero-order chi connectivity index (χ0) is 11.6. The van der Waals surface area contributed by atoms with Gasteiger partial charge < -0.3 is 4.89 Å². The number of hydrogen-bond acceptors (Lipinski definition) is 3. The van der Waals surface area contributed by atoms with Crippen LogP contribution in [-0.4, -0.2) is 18.6 Å². The number of phosphoric ester groups is 1. The SMILES string of the molecule is CCCCCCC=CCOP(=O)(O)OC. The topological polar surface area (TPSA) is 55.8 Å². The van der Waals surface area contributed by atoms with E-state index in [0.717, 1.165) is 20.0 Å². The third kappa shape index (κ3) is 10.1. The minimum atomic E-state index is -3.79. The molecule has 0 spiro atoms. The highest BCUT2D eigenvalue weighted by atomic mass is 31.2. The second-order valence-corrected chi connectivity index (χ2v) is 4.83. The molecule has 0 fully saturated rings. The summed E-state index contributed by atoms with van der Waals surface area (Å²) in [5.74, 6) is 0. The molecule has 0 radical (unpaired) electrons. The molecule has 0 saturated heterocycles. The monoisotopic (exact) mass is 236 g/mol. The smallest absolute Gasteiger partial charge is 0.302 e. The first-order valence-electron chi connectivity index (χ1n) is 5.30. The van der Waals surface area contributed by atoms with Crippen molar-refractivity contribution in [1.82, 2.24) is 0 Å². The van der Waals surface area contributed by atoms with Gasteiger partial charge in [0.05, 0.1) is 6.61 Å². The van der Waals surface area contributed by atoms with Gasteiger partial charge in [-0.05, 0) is 12.8 Å². The largest absolute Gasteiger partial charge is 0.472 e. The van der Waals surface area contributed by atoms with Gasteiger partial charge in [-0.15, -0.1) is 0 Å². The van der Waals surface area contributed by atoms with Crippen LogP contribution in [0.5, 0.6) is 0 Å². The molecule has 5 heteroatoms. The molecule has 15 heavy (non-hydrogen) atoms. The van der Waals surface area contributed by atoms with Crippen molar-refractivity contribution in [2.75, 3.05) is 13.7 Å². The predicted molar refractivity (Wildman–Crippen MR) is 60.7 cm³/mol. The van der Waals surface area contributed by atoms with Crippen molar-refractivity contribution >= 4 is 7.82 Å². The molecule has 0 aromatic heterocycles. The fraction of sp³-hybridized carbons (Fsp3) is 0.800. The van der Waals surface area contributed by atoms with E-state index in [9.17, 15) is 4.57 Å². The van der Waals surface area contributed by atoms with Crippen LogP contribution < -0.4 is 0 Å². The summed E-state index contributed by atoms with van der Waals surface area (Å²) < 4.78 is 19.7. The molecular formula is C10H21O4P. The average molecular weight is 236 g/mol. The van der Waals surface area contributed by atoms with Gasteiger partial charge >= 0.3 is 7.82 Å². The Morgan fingerprint density at radius 3 is 2.60 bits per heavy atom. The molecule has 0 aliphatic carbocycles. The van der Waals surface area contributed by atoms with E-state index in [1.165, 1.54) is 19.3 Å². The molecule has 0 saturated carbocycles. The molecule has 0 amide bonds. The van der Waals surface area contributed by atoms with Crippen molar-refractivity contribution in [3.63, 3.8) is 0 Å². The van der Waals surface area contributed by atoms with Crippen LogP contribution in [0.25, 0.3) is 0 Å². The van der Waals surface area contributed by atoms with Crippen LogP contribution in [0, 0.1) is 0 Å². The quantitative estimate of drug-likeness (QED) is 0.379. The molecule has 0 aromatic rings. The lowest BCUT2D eigenvalue weighted by Crippen LogP contribution is -1.91. The van der Waals surface area contributed by atoms with Gasteiger partial charge in [0.1, 0.15) is 0 Å². The standard InChI is InChI=1S/C10H21O4P/c1-3-4-5-6-7-8-9-10-14-15(11,12)13-2/h8-9H,3-7,10H2,1-2H3,(H,11,12). The third-order valence-corrected chi connectivity index (χ3v) is 2.89. The highest BCUT2D eigenvalue weighted by Gasteiger charge is 2.16. The zero-order valence-electron chi connectivity index (χ0n) is 9.52. The molecule has 0 aliphatic rings. The van der Waals surface area contributed by atoms with Gasteiger partial charge in [0.25, 0.3) is 0 Å². The lowest BCUT2D eigenvalue weighted by molar-refractivity contribution is 0.188. The Bertz CT molecular complexity index is 215. The molecule has 0 rings (SSSR count).